The van der Waals surface area contributed by atoms with Crippen molar-refractivity contribution in [1.82, 2.24) is 10.2 Å². The van der Waals surface area contributed by atoms with Gasteiger partial charge in [-0.3, -0.25) is 14.5 Å². The minimum Gasteiger partial charge on any atom is -0.383 e. The van der Waals surface area contributed by atoms with Crippen LogP contribution in [-0.4, -0.2) is 56.6 Å². The van der Waals surface area contributed by atoms with Gasteiger partial charge < -0.3 is 15.4 Å². The Labute approximate surface area is 131 Å². The van der Waals surface area contributed by atoms with Crippen molar-refractivity contribution in [3.8, 4) is 0 Å². The third-order valence-corrected chi connectivity index (χ3v) is 3.26. The molecule has 2 N–H and O–H groups in total. The summed E-state index contributed by atoms with van der Waals surface area (Å²) in [6.07, 6.45) is 0. The van der Waals surface area contributed by atoms with Crippen LogP contribution in [0.25, 0.3) is 0 Å². The number of amides is 2. The number of ether oxygens (including phenoxy) is 1. The van der Waals surface area contributed by atoms with Crippen molar-refractivity contribution in [3.63, 3.8) is 0 Å². The lowest BCUT2D eigenvalue weighted by Gasteiger charge is -2.17. The number of rotatable bonds is 9. The molecule has 1 aromatic carbocycles. The Hall–Kier alpha value is -1.92. The Balaban J connectivity index is 2.60. The summed E-state index contributed by atoms with van der Waals surface area (Å²) < 4.78 is 4.89. The molecule has 2 amide bonds. The molecule has 0 unspecified atom stereocenters. The van der Waals surface area contributed by atoms with Gasteiger partial charge >= 0.3 is 0 Å². The molecule has 0 radical (unpaired) electrons. The second-order valence-corrected chi connectivity index (χ2v) is 4.84. The van der Waals surface area contributed by atoms with Gasteiger partial charge in [-0.15, -0.1) is 0 Å². The van der Waals surface area contributed by atoms with Gasteiger partial charge in [0, 0.05) is 24.9 Å². The van der Waals surface area contributed by atoms with Gasteiger partial charge in [0.05, 0.1) is 13.2 Å². The van der Waals surface area contributed by atoms with Crippen LogP contribution >= 0.6 is 0 Å². The normalized spacial score (nSPS) is 10.5. The van der Waals surface area contributed by atoms with Gasteiger partial charge in [0.15, 0.2) is 0 Å². The number of nitrogens with zero attached hydrogens (tertiary/aromatic N) is 1. The predicted octanol–water partition coefficient (Wildman–Crippen LogP) is 1.34. The maximum Gasteiger partial charge on any atom is 0.251 e. The summed E-state index contributed by atoms with van der Waals surface area (Å²) in [5.41, 5.74) is 1.13. The summed E-state index contributed by atoms with van der Waals surface area (Å²) in [6, 6.07) is 6.90. The first-order valence-electron chi connectivity index (χ1n) is 7.50. The molecule has 22 heavy (non-hydrogen) atoms. The van der Waals surface area contributed by atoms with E-state index in [0.717, 1.165) is 13.1 Å². The summed E-state index contributed by atoms with van der Waals surface area (Å²) in [5.74, 6) is -0.266. The lowest BCUT2D eigenvalue weighted by Crippen LogP contribution is -2.33. The Bertz CT molecular complexity index is 487. The van der Waals surface area contributed by atoms with Crippen molar-refractivity contribution in [3.05, 3.63) is 29.8 Å². The molecular weight excluding hydrogens is 282 g/mol. The number of anilines is 1. The van der Waals surface area contributed by atoms with Gasteiger partial charge in [0.1, 0.15) is 0 Å². The van der Waals surface area contributed by atoms with Crippen LogP contribution in [0.15, 0.2) is 24.3 Å². The van der Waals surface area contributed by atoms with E-state index >= 15 is 0 Å². The van der Waals surface area contributed by atoms with Gasteiger partial charge in [0.2, 0.25) is 5.91 Å². The van der Waals surface area contributed by atoms with E-state index in [1.807, 2.05) is 18.7 Å². The van der Waals surface area contributed by atoms with Crippen LogP contribution in [0.3, 0.4) is 0 Å². The minimum atomic E-state index is -0.183. The largest absolute Gasteiger partial charge is 0.383 e. The topological polar surface area (TPSA) is 70.7 Å². The zero-order chi connectivity index (χ0) is 16.4. The van der Waals surface area contributed by atoms with E-state index in [4.69, 9.17) is 4.74 Å². The predicted molar refractivity (Wildman–Crippen MR) is 87.1 cm³/mol. The molecule has 122 valence electrons. The molecule has 1 rings (SSSR count). The van der Waals surface area contributed by atoms with E-state index in [9.17, 15) is 9.59 Å². The molecule has 0 atom stereocenters. The Kier molecular flexibility index (Phi) is 8.17. The number of nitrogens with one attached hydrogen (secondary N) is 2. The maximum absolute atomic E-state index is 12.0. The molecule has 0 saturated heterocycles. The highest BCUT2D eigenvalue weighted by Gasteiger charge is 2.09. The first-order valence-corrected chi connectivity index (χ1v) is 7.50. The molecule has 0 saturated carbocycles. The lowest BCUT2D eigenvalue weighted by molar-refractivity contribution is -0.117. The van der Waals surface area contributed by atoms with Crippen molar-refractivity contribution in [2.75, 3.05) is 45.2 Å². The second kappa shape index (κ2) is 9.92. The van der Waals surface area contributed by atoms with Crippen molar-refractivity contribution >= 4 is 17.5 Å². The van der Waals surface area contributed by atoms with E-state index < -0.39 is 0 Å². The van der Waals surface area contributed by atoms with Gasteiger partial charge in [-0.2, -0.15) is 0 Å². The molecule has 0 fully saturated rings. The third kappa shape index (κ3) is 6.24. The Morgan fingerprint density at radius 1 is 1.23 bits per heavy atom. The number of carbonyl (C=O) groups is 2. The van der Waals surface area contributed by atoms with Crippen LogP contribution in [0.5, 0.6) is 0 Å². The first kappa shape index (κ1) is 18.1. The van der Waals surface area contributed by atoms with Crippen LogP contribution in [0.4, 0.5) is 5.69 Å². The fraction of sp³-hybridized carbons (Fsp3) is 0.500. The zero-order valence-electron chi connectivity index (χ0n) is 13.5. The van der Waals surface area contributed by atoms with E-state index in [2.05, 4.69) is 10.6 Å². The number of hydrogen-bond acceptors (Lipinski definition) is 4. The van der Waals surface area contributed by atoms with Gasteiger partial charge in [0.25, 0.3) is 5.91 Å². The van der Waals surface area contributed by atoms with Crippen LogP contribution in [0.2, 0.25) is 0 Å². The Morgan fingerprint density at radius 3 is 2.59 bits per heavy atom. The van der Waals surface area contributed by atoms with Crippen LogP contribution in [0.1, 0.15) is 24.2 Å². The van der Waals surface area contributed by atoms with Crippen molar-refractivity contribution < 1.29 is 14.3 Å². The summed E-state index contributed by atoms with van der Waals surface area (Å²) >= 11 is 0. The quantitative estimate of drug-likeness (QED) is 0.676. The summed E-state index contributed by atoms with van der Waals surface area (Å²) in [4.78, 5) is 25.9. The SMILES string of the molecule is CCN(CC)CC(=O)Nc1cccc(C(=O)NCCOC)c1. The van der Waals surface area contributed by atoms with Gasteiger partial charge in [-0.25, -0.2) is 0 Å². The summed E-state index contributed by atoms with van der Waals surface area (Å²) in [7, 11) is 1.58. The highest BCUT2D eigenvalue weighted by Crippen LogP contribution is 2.10. The number of hydrogen-bond donors (Lipinski definition) is 2. The third-order valence-electron chi connectivity index (χ3n) is 3.26. The molecule has 1 aromatic rings. The highest BCUT2D eigenvalue weighted by atomic mass is 16.5. The molecule has 0 spiro atoms. The minimum absolute atomic E-state index is 0.0827. The van der Waals surface area contributed by atoms with Crippen LogP contribution < -0.4 is 10.6 Å². The van der Waals surface area contributed by atoms with Crippen molar-refractivity contribution in [1.29, 1.82) is 0 Å². The van der Waals surface area contributed by atoms with Crippen molar-refractivity contribution in [2.24, 2.45) is 0 Å². The van der Waals surface area contributed by atoms with E-state index in [0.29, 0.717) is 30.9 Å². The first-order chi connectivity index (χ1) is 10.6. The molecule has 0 aliphatic heterocycles. The molecule has 0 aromatic heterocycles. The molecule has 6 nitrogen and oxygen atoms in total. The van der Waals surface area contributed by atoms with E-state index in [1.54, 1.807) is 31.4 Å². The average molecular weight is 307 g/mol. The number of methoxy groups -OCH3 is 1. The molecule has 0 aliphatic rings. The zero-order valence-corrected chi connectivity index (χ0v) is 13.5. The molecule has 6 heteroatoms. The van der Waals surface area contributed by atoms with Crippen LogP contribution in [0, 0.1) is 0 Å². The van der Waals surface area contributed by atoms with Crippen molar-refractivity contribution in [2.45, 2.75) is 13.8 Å². The number of carbonyl (C=O) groups excluding carboxylic acids is 2. The van der Waals surface area contributed by atoms with E-state index in [1.165, 1.54) is 0 Å². The molecule has 0 heterocycles. The monoisotopic (exact) mass is 307 g/mol. The fourth-order valence-corrected chi connectivity index (χ4v) is 1.96. The second-order valence-electron chi connectivity index (χ2n) is 4.84. The standard InChI is InChI=1S/C16H25N3O3/c1-4-19(5-2)12-15(20)18-14-8-6-7-13(11-14)16(21)17-9-10-22-3/h6-8,11H,4-5,9-10,12H2,1-3H3,(H,17,21)(H,18,20). The van der Waals surface area contributed by atoms with Gasteiger partial charge in [-0.05, 0) is 31.3 Å². The number of benzene rings is 1. The smallest absolute Gasteiger partial charge is 0.251 e. The molecular formula is C16H25N3O3. The van der Waals surface area contributed by atoms with Gasteiger partial charge in [-0.1, -0.05) is 19.9 Å². The Morgan fingerprint density at radius 2 is 1.95 bits per heavy atom. The molecule has 0 aliphatic carbocycles. The summed E-state index contributed by atoms with van der Waals surface area (Å²) in [5, 5.41) is 5.56. The fourth-order valence-electron chi connectivity index (χ4n) is 1.96. The number of likely N-dealkylation sites (N-methyl/N-ethyl adjacent to an activating group) is 1. The summed E-state index contributed by atoms with van der Waals surface area (Å²) in [6.45, 7) is 6.94. The maximum atomic E-state index is 12.0. The average Bonchev–Trinajstić information content (AvgIpc) is 2.53. The van der Waals surface area contributed by atoms with Crippen LogP contribution in [-0.2, 0) is 9.53 Å². The lowest BCUT2D eigenvalue weighted by atomic mass is 10.2. The van der Waals surface area contributed by atoms with E-state index in [-0.39, 0.29) is 11.8 Å². The highest BCUT2D eigenvalue weighted by molar-refractivity contribution is 5.97. The molecule has 0 bridgehead atoms.